The zero-order valence-corrected chi connectivity index (χ0v) is 17.7. The van der Waals surface area contributed by atoms with Crippen LogP contribution in [0, 0.1) is 0 Å². The highest BCUT2D eigenvalue weighted by atomic mass is 127. The molecule has 4 nitrogen and oxygen atoms in total. The Bertz CT molecular complexity index is 611. The van der Waals surface area contributed by atoms with Gasteiger partial charge in [-0.05, 0) is 43.6 Å². The summed E-state index contributed by atoms with van der Waals surface area (Å²) >= 11 is 1.76. The van der Waals surface area contributed by atoms with E-state index in [1.165, 1.54) is 16.0 Å². The van der Waals surface area contributed by atoms with E-state index in [0.29, 0.717) is 6.54 Å². The summed E-state index contributed by atoms with van der Waals surface area (Å²) in [5, 5.41) is 8.77. The molecule has 132 valence electrons. The van der Waals surface area contributed by atoms with Gasteiger partial charge in [-0.2, -0.15) is 0 Å². The van der Waals surface area contributed by atoms with Gasteiger partial charge in [0.15, 0.2) is 5.96 Å². The van der Waals surface area contributed by atoms with Gasteiger partial charge in [0.05, 0.1) is 13.1 Å². The average molecular weight is 458 g/mol. The Balaban J connectivity index is 0.00000288. The van der Waals surface area contributed by atoms with Crippen LogP contribution in [0.2, 0.25) is 0 Å². The summed E-state index contributed by atoms with van der Waals surface area (Å²) in [4.78, 5) is 8.17. The maximum Gasteiger partial charge on any atom is 0.191 e. The third-order valence-corrected chi connectivity index (χ3v) is 4.14. The molecule has 1 aromatic heterocycles. The predicted octanol–water partition coefficient (Wildman–Crippen LogP) is 3.68. The van der Waals surface area contributed by atoms with E-state index in [0.717, 1.165) is 25.6 Å². The summed E-state index contributed by atoms with van der Waals surface area (Å²) in [6, 6.07) is 12.8. The summed E-state index contributed by atoms with van der Waals surface area (Å²) in [6.07, 6.45) is 0. The maximum absolute atomic E-state index is 4.69. The molecular weight excluding hydrogens is 431 g/mol. The van der Waals surface area contributed by atoms with Crippen molar-refractivity contribution in [2.45, 2.75) is 26.6 Å². The Labute approximate surface area is 166 Å². The van der Waals surface area contributed by atoms with E-state index in [4.69, 9.17) is 0 Å². The van der Waals surface area contributed by atoms with Crippen molar-refractivity contribution >= 4 is 41.3 Å². The molecule has 0 aliphatic heterocycles. The summed E-state index contributed by atoms with van der Waals surface area (Å²) < 4.78 is 0. The standard InChI is InChI=1S/C18H26N4S.HI/c1-4-19-18(21-13-17-9-6-10-23-17)20-12-15-7-5-8-16(11-15)14-22(2)3;/h5-11H,4,12-14H2,1-3H3,(H2,19,20,21);1H. The summed E-state index contributed by atoms with van der Waals surface area (Å²) in [7, 11) is 4.17. The van der Waals surface area contributed by atoms with E-state index in [2.05, 4.69) is 83.3 Å². The molecule has 0 unspecified atom stereocenters. The van der Waals surface area contributed by atoms with Crippen molar-refractivity contribution in [1.82, 2.24) is 15.5 Å². The Morgan fingerprint density at radius 3 is 2.58 bits per heavy atom. The maximum atomic E-state index is 4.69. The number of nitrogens with zero attached hydrogens (tertiary/aromatic N) is 2. The topological polar surface area (TPSA) is 39.7 Å². The SMILES string of the molecule is CCNC(=NCc1cccc(CN(C)C)c1)NCc1cccs1.I. The van der Waals surface area contributed by atoms with Crippen LogP contribution in [0.5, 0.6) is 0 Å². The van der Waals surface area contributed by atoms with Crippen molar-refractivity contribution in [2.75, 3.05) is 20.6 Å². The number of hydrogen-bond acceptors (Lipinski definition) is 3. The van der Waals surface area contributed by atoms with E-state index < -0.39 is 0 Å². The van der Waals surface area contributed by atoms with Crippen LogP contribution in [0.4, 0.5) is 0 Å². The largest absolute Gasteiger partial charge is 0.357 e. The minimum absolute atomic E-state index is 0. The van der Waals surface area contributed by atoms with Crippen LogP contribution in [0.1, 0.15) is 22.9 Å². The van der Waals surface area contributed by atoms with Crippen molar-refractivity contribution < 1.29 is 0 Å². The first-order chi connectivity index (χ1) is 11.2. The molecule has 24 heavy (non-hydrogen) atoms. The van der Waals surface area contributed by atoms with Crippen LogP contribution in [0.25, 0.3) is 0 Å². The highest BCUT2D eigenvalue weighted by Gasteiger charge is 2.01. The zero-order chi connectivity index (χ0) is 16.5. The van der Waals surface area contributed by atoms with Gasteiger partial charge in [0, 0.05) is 18.0 Å². The molecule has 0 amide bonds. The first kappa shape index (κ1) is 20.9. The average Bonchev–Trinajstić information content (AvgIpc) is 3.03. The molecular formula is C18H27IN4S. The number of hydrogen-bond donors (Lipinski definition) is 2. The Kier molecular flexibility index (Phi) is 9.97. The van der Waals surface area contributed by atoms with Gasteiger partial charge in [-0.15, -0.1) is 35.3 Å². The molecule has 1 heterocycles. The van der Waals surface area contributed by atoms with Crippen LogP contribution in [-0.2, 0) is 19.6 Å². The molecule has 0 bridgehead atoms. The molecule has 2 aromatic rings. The number of nitrogens with one attached hydrogen (secondary N) is 2. The van der Waals surface area contributed by atoms with E-state index in [1.54, 1.807) is 11.3 Å². The lowest BCUT2D eigenvalue weighted by molar-refractivity contribution is 0.402. The molecule has 0 radical (unpaired) electrons. The fraction of sp³-hybridized carbons (Fsp3) is 0.389. The molecule has 0 fully saturated rings. The number of aliphatic imine (C=N–C) groups is 1. The predicted molar refractivity (Wildman–Crippen MR) is 115 cm³/mol. The highest BCUT2D eigenvalue weighted by molar-refractivity contribution is 14.0. The Morgan fingerprint density at radius 1 is 1.12 bits per heavy atom. The molecule has 0 saturated heterocycles. The van der Waals surface area contributed by atoms with E-state index in [-0.39, 0.29) is 24.0 Å². The normalized spacial score (nSPS) is 11.2. The lowest BCUT2D eigenvalue weighted by Crippen LogP contribution is -2.36. The lowest BCUT2D eigenvalue weighted by Gasteiger charge is -2.12. The molecule has 2 rings (SSSR count). The smallest absolute Gasteiger partial charge is 0.191 e. The van der Waals surface area contributed by atoms with E-state index >= 15 is 0 Å². The van der Waals surface area contributed by atoms with Gasteiger partial charge >= 0.3 is 0 Å². The Hall–Kier alpha value is -1.12. The van der Waals surface area contributed by atoms with Crippen LogP contribution < -0.4 is 10.6 Å². The molecule has 0 aliphatic rings. The van der Waals surface area contributed by atoms with Crippen LogP contribution in [-0.4, -0.2) is 31.5 Å². The quantitative estimate of drug-likeness (QED) is 0.378. The van der Waals surface area contributed by atoms with Gasteiger partial charge < -0.3 is 15.5 Å². The molecule has 0 atom stereocenters. The number of halogens is 1. The van der Waals surface area contributed by atoms with Crippen molar-refractivity contribution in [3.05, 3.63) is 57.8 Å². The molecule has 0 spiro atoms. The van der Waals surface area contributed by atoms with Crippen molar-refractivity contribution in [2.24, 2.45) is 4.99 Å². The first-order valence-corrected chi connectivity index (χ1v) is 8.82. The van der Waals surface area contributed by atoms with Crippen molar-refractivity contribution in [3.8, 4) is 0 Å². The number of rotatable bonds is 7. The van der Waals surface area contributed by atoms with Crippen molar-refractivity contribution in [3.63, 3.8) is 0 Å². The van der Waals surface area contributed by atoms with Gasteiger partial charge in [0.25, 0.3) is 0 Å². The lowest BCUT2D eigenvalue weighted by atomic mass is 10.1. The highest BCUT2D eigenvalue weighted by Crippen LogP contribution is 2.09. The summed E-state index contributed by atoms with van der Waals surface area (Å²) in [6.45, 7) is 5.39. The molecule has 1 aromatic carbocycles. The van der Waals surface area contributed by atoms with Crippen LogP contribution in [0.15, 0.2) is 46.8 Å². The van der Waals surface area contributed by atoms with Crippen molar-refractivity contribution in [1.29, 1.82) is 0 Å². The molecule has 0 saturated carbocycles. The number of thiophene rings is 1. The number of benzene rings is 1. The minimum atomic E-state index is 0. The molecule has 2 N–H and O–H groups in total. The zero-order valence-electron chi connectivity index (χ0n) is 14.6. The fourth-order valence-corrected chi connectivity index (χ4v) is 2.93. The van der Waals surface area contributed by atoms with E-state index in [9.17, 15) is 0 Å². The monoisotopic (exact) mass is 458 g/mol. The van der Waals surface area contributed by atoms with Gasteiger partial charge in [-0.1, -0.05) is 30.3 Å². The summed E-state index contributed by atoms with van der Waals surface area (Å²) in [5.74, 6) is 0.860. The Morgan fingerprint density at radius 2 is 1.92 bits per heavy atom. The second-order valence-corrected chi connectivity index (χ2v) is 6.72. The number of guanidine groups is 1. The van der Waals surface area contributed by atoms with Crippen LogP contribution >= 0.6 is 35.3 Å². The van der Waals surface area contributed by atoms with Gasteiger partial charge in [-0.3, -0.25) is 0 Å². The second kappa shape index (κ2) is 11.4. The third kappa shape index (κ3) is 7.63. The van der Waals surface area contributed by atoms with E-state index in [1.807, 2.05) is 0 Å². The minimum Gasteiger partial charge on any atom is -0.357 e. The first-order valence-electron chi connectivity index (χ1n) is 7.94. The van der Waals surface area contributed by atoms with Gasteiger partial charge in [0.2, 0.25) is 0 Å². The van der Waals surface area contributed by atoms with Gasteiger partial charge in [0.1, 0.15) is 0 Å². The fourth-order valence-electron chi connectivity index (χ4n) is 2.29. The molecule has 0 aliphatic carbocycles. The third-order valence-electron chi connectivity index (χ3n) is 3.26. The summed E-state index contributed by atoms with van der Waals surface area (Å²) in [5.41, 5.74) is 2.55. The van der Waals surface area contributed by atoms with Crippen LogP contribution in [0.3, 0.4) is 0 Å². The second-order valence-electron chi connectivity index (χ2n) is 5.69. The van der Waals surface area contributed by atoms with Gasteiger partial charge in [-0.25, -0.2) is 4.99 Å². The molecule has 6 heteroatoms.